The molecule has 0 saturated heterocycles. The minimum atomic E-state index is -0.342. The number of benzene rings is 4. The molecule has 0 atom stereocenters. The molecule has 0 aliphatic carbocycles. The van der Waals surface area contributed by atoms with E-state index < -0.39 is 0 Å². The highest BCUT2D eigenvalue weighted by Gasteiger charge is 2.08. The third-order valence-corrected chi connectivity index (χ3v) is 3.94. The predicted molar refractivity (Wildman–Crippen MR) is 92.9 cm³/mol. The lowest BCUT2D eigenvalue weighted by Crippen LogP contribution is -2.07. The van der Waals surface area contributed by atoms with E-state index >= 15 is 0 Å². The first-order valence-corrected chi connectivity index (χ1v) is 7.50. The number of esters is 1. The molecule has 2 heteroatoms. The lowest BCUT2D eigenvalue weighted by molar-refractivity contribution is 0.0735. The number of hydrogen-bond acceptors (Lipinski definition) is 2. The molecular formula is C21H14O2. The van der Waals surface area contributed by atoms with Gasteiger partial charge in [0.05, 0.1) is 5.56 Å². The smallest absolute Gasteiger partial charge is 0.343 e. The van der Waals surface area contributed by atoms with Crippen molar-refractivity contribution < 1.29 is 9.53 Å². The van der Waals surface area contributed by atoms with Crippen LogP contribution in [-0.4, -0.2) is 5.97 Å². The van der Waals surface area contributed by atoms with Gasteiger partial charge in [0.1, 0.15) is 5.75 Å². The third kappa shape index (κ3) is 2.55. The maximum Gasteiger partial charge on any atom is 0.343 e. The first kappa shape index (κ1) is 13.5. The largest absolute Gasteiger partial charge is 0.423 e. The fourth-order valence-electron chi connectivity index (χ4n) is 2.79. The molecule has 0 N–H and O–H groups in total. The van der Waals surface area contributed by atoms with Crippen molar-refractivity contribution in [2.45, 2.75) is 0 Å². The summed E-state index contributed by atoms with van der Waals surface area (Å²) in [6.45, 7) is 0. The SMILES string of the molecule is O=C(Oc1ccc2c(ccc3ccccc32)c1)c1ccccc1. The second kappa shape index (κ2) is 5.58. The van der Waals surface area contributed by atoms with Crippen LogP contribution < -0.4 is 4.74 Å². The van der Waals surface area contributed by atoms with Crippen molar-refractivity contribution in [2.75, 3.05) is 0 Å². The zero-order valence-electron chi connectivity index (χ0n) is 12.4. The summed E-state index contributed by atoms with van der Waals surface area (Å²) in [4.78, 5) is 12.1. The highest BCUT2D eigenvalue weighted by Crippen LogP contribution is 2.28. The Labute approximate surface area is 133 Å². The van der Waals surface area contributed by atoms with Crippen molar-refractivity contribution in [1.82, 2.24) is 0 Å². The second-order valence-corrected chi connectivity index (χ2v) is 5.43. The van der Waals surface area contributed by atoms with Gasteiger partial charge in [0.25, 0.3) is 0 Å². The summed E-state index contributed by atoms with van der Waals surface area (Å²) in [5, 5.41) is 4.62. The molecule has 23 heavy (non-hydrogen) atoms. The first-order valence-electron chi connectivity index (χ1n) is 7.50. The van der Waals surface area contributed by atoms with Gasteiger partial charge in [-0.05, 0) is 45.8 Å². The molecule has 4 rings (SSSR count). The predicted octanol–water partition coefficient (Wildman–Crippen LogP) is 5.21. The molecule has 0 radical (unpaired) electrons. The summed E-state index contributed by atoms with van der Waals surface area (Å²) in [6.07, 6.45) is 0. The quantitative estimate of drug-likeness (QED) is 0.288. The van der Waals surface area contributed by atoms with Gasteiger partial charge in [0.15, 0.2) is 0 Å². The van der Waals surface area contributed by atoms with E-state index in [2.05, 4.69) is 24.3 Å². The van der Waals surface area contributed by atoms with Crippen molar-refractivity contribution in [3.05, 3.63) is 90.5 Å². The normalized spacial score (nSPS) is 10.8. The Morgan fingerprint density at radius 3 is 2.22 bits per heavy atom. The summed E-state index contributed by atoms with van der Waals surface area (Å²) >= 11 is 0. The van der Waals surface area contributed by atoms with Crippen molar-refractivity contribution in [1.29, 1.82) is 0 Å². The van der Waals surface area contributed by atoms with Crippen LogP contribution in [0.25, 0.3) is 21.5 Å². The fraction of sp³-hybridized carbons (Fsp3) is 0. The van der Waals surface area contributed by atoms with E-state index in [0.717, 1.165) is 10.8 Å². The average molecular weight is 298 g/mol. The number of hydrogen-bond donors (Lipinski definition) is 0. The molecule has 0 heterocycles. The van der Waals surface area contributed by atoms with E-state index in [-0.39, 0.29) is 5.97 Å². The van der Waals surface area contributed by atoms with Gasteiger partial charge < -0.3 is 4.74 Å². The molecule has 0 unspecified atom stereocenters. The molecule has 2 nitrogen and oxygen atoms in total. The van der Waals surface area contributed by atoms with Gasteiger partial charge in [-0.25, -0.2) is 4.79 Å². The van der Waals surface area contributed by atoms with Gasteiger partial charge in [-0.3, -0.25) is 0 Å². The topological polar surface area (TPSA) is 26.3 Å². The van der Waals surface area contributed by atoms with Gasteiger partial charge in [-0.2, -0.15) is 0 Å². The lowest BCUT2D eigenvalue weighted by Gasteiger charge is -2.07. The average Bonchev–Trinajstić information content (AvgIpc) is 2.62. The Bertz CT molecular complexity index is 1000. The van der Waals surface area contributed by atoms with E-state index in [0.29, 0.717) is 11.3 Å². The number of carbonyl (C=O) groups excluding carboxylic acids is 1. The molecule has 4 aromatic carbocycles. The fourth-order valence-corrected chi connectivity index (χ4v) is 2.79. The first-order chi connectivity index (χ1) is 11.3. The molecule has 0 saturated carbocycles. The standard InChI is InChI=1S/C21H14O2/c22-21(16-7-2-1-3-8-16)23-18-12-13-20-17(14-18)11-10-15-6-4-5-9-19(15)20/h1-14H. The minimum Gasteiger partial charge on any atom is -0.423 e. The molecule has 0 fully saturated rings. The summed E-state index contributed by atoms with van der Waals surface area (Å²) in [6, 6.07) is 27.2. The van der Waals surface area contributed by atoms with Crippen molar-refractivity contribution in [3.63, 3.8) is 0 Å². The second-order valence-electron chi connectivity index (χ2n) is 5.43. The van der Waals surface area contributed by atoms with Crippen LogP contribution in [0, 0.1) is 0 Å². The molecule has 0 spiro atoms. The summed E-state index contributed by atoms with van der Waals surface area (Å²) in [5.74, 6) is 0.215. The maximum atomic E-state index is 12.1. The summed E-state index contributed by atoms with van der Waals surface area (Å²) in [7, 11) is 0. The number of fused-ring (bicyclic) bond motifs is 3. The van der Waals surface area contributed by atoms with Crippen LogP contribution in [0.3, 0.4) is 0 Å². The lowest BCUT2D eigenvalue weighted by atomic mass is 10.0. The Balaban J connectivity index is 1.72. The summed E-state index contributed by atoms with van der Waals surface area (Å²) < 4.78 is 5.48. The molecule has 0 bridgehead atoms. The van der Waals surface area contributed by atoms with Crippen LogP contribution in [0.15, 0.2) is 84.9 Å². The zero-order valence-corrected chi connectivity index (χ0v) is 12.4. The Morgan fingerprint density at radius 1 is 0.652 bits per heavy atom. The van der Waals surface area contributed by atoms with Crippen LogP contribution >= 0.6 is 0 Å². The van der Waals surface area contributed by atoms with Gasteiger partial charge in [0.2, 0.25) is 0 Å². The Morgan fingerprint density at radius 2 is 1.35 bits per heavy atom. The highest BCUT2D eigenvalue weighted by molar-refractivity contribution is 6.07. The number of rotatable bonds is 2. The van der Waals surface area contributed by atoms with E-state index in [1.165, 1.54) is 10.8 Å². The van der Waals surface area contributed by atoms with Gasteiger partial charge >= 0.3 is 5.97 Å². The zero-order chi connectivity index (χ0) is 15.6. The van der Waals surface area contributed by atoms with Gasteiger partial charge in [-0.1, -0.05) is 60.7 Å². The Kier molecular flexibility index (Phi) is 3.28. The molecule has 4 aromatic rings. The third-order valence-electron chi connectivity index (χ3n) is 3.94. The van der Waals surface area contributed by atoms with Crippen molar-refractivity contribution >= 4 is 27.5 Å². The van der Waals surface area contributed by atoms with E-state index in [1.807, 2.05) is 48.5 Å². The molecular weight excluding hydrogens is 284 g/mol. The Hall–Kier alpha value is -3.13. The van der Waals surface area contributed by atoms with Crippen LogP contribution in [0.1, 0.15) is 10.4 Å². The molecule has 0 amide bonds. The van der Waals surface area contributed by atoms with Gasteiger partial charge in [-0.15, -0.1) is 0 Å². The van der Waals surface area contributed by atoms with Crippen LogP contribution in [-0.2, 0) is 0 Å². The molecule has 0 aliphatic heterocycles. The molecule has 0 aromatic heterocycles. The van der Waals surface area contributed by atoms with Crippen LogP contribution in [0.4, 0.5) is 0 Å². The van der Waals surface area contributed by atoms with Crippen molar-refractivity contribution in [2.24, 2.45) is 0 Å². The maximum absolute atomic E-state index is 12.1. The van der Waals surface area contributed by atoms with Crippen LogP contribution in [0.2, 0.25) is 0 Å². The van der Waals surface area contributed by atoms with Crippen molar-refractivity contribution in [3.8, 4) is 5.75 Å². The van der Waals surface area contributed by atoms with E-state index in [9.17, 15) is 4.79 Å². The molecule has 0 aliphatic rings. The van der Waals surface area contributed by atoms with E-state index in [4.69, 9.17) is 4.74 Å². The number of ether oxygens (including phenoxy) is 1. The van der Waals surface area contributed by atoms with E-state index in [1.54, 1.807) is 12.1 Å². The molecule has 110 valence electrons. The minimum absolute atomic E-state index is 0.342. The number of carbonyl (C=O) groups is 1. The summed E-state index contributed by atoms with van der Waals surface area (Å²) in [5.41, 5.74) is 0.547. The highest BCUT2D eigenvalue weighted by atomic mass is 16.5. The van der Waals surface area contributed by atoms with Gasteiger partial charge in [0, 0.05) is 0 Å². The van der Waals surface area contributed by atoms with Crippen LogP contribution in [0.5, 0.6) is 5.75 Å². The monoisotopic (exact) mass is 298 g/mol.